The lowest BCUT2D eigenvalue weighted by Crippen LogP contribution is -2.22. The van der Waals surface area contributed by atoms with Crippen molar-refractivity contribution in [2.45, 2.75) is 6.42 Å². The number of aliphatic hydroxyl groups excluding tert-OH is 1. The molecule has 0 aromatic heterocycles. The van der Waals surface area contributed by atoms with Gasteiger partial charge >= 0.3 is 0 Å². The molecule has 17 heavy (non-hydrogen) atoms. The van der Waals surface area contributed by atoms with Crippen LogP contribution in [0.4, 0.5) is 11.4 Å². The molecule has 1 amide bonds. The number of anilines is 2. The van der Waals surface area contributed by atoms with Gasteiger partial charge in [0.05, 0.1) is 11.4 Å². The van der Waals surface area contributed by atoms with Crippen LogP contribution in [-0.2, 0) is 0 Å². The van der Waals surface area contributed by atoms with E-state index in [9.17, 15) is 4.79 Å². The molecule has 1 aliphatic heterocycles. The molecule has 1 atom stereocenters. The molecule has 5 heteroatoms. The van der Waals surface area contributed by atoms with E-state index in [1.807, 2.05) is 6.07 Å². The van der Waals surface area contributed by atoms with E-state index in [1.54, 1.807) is 12.1 Å². The van der Waals surface area contributed by atoms with Gasteiger partial charge in [-0.3, -0.25) is 4.79 Å². The first-order valence-electron chi connectivity index (χ1n) is 5.67. The minimum absolute atomic E-state index is 0.204. The molecule has 1 unspecified atom stereocenters. The van der Waals surface area contributed by atoms with Crippen LogP contribution < -0.4 is 16.4 Å². The Morgan fingerprint density at radius 2 is 2.29 bits per heavy atom. The van der Waals surface area contributed by atoms with Crippen molar-refractivity contribution < 1.29 is 9.90 Å². The molecule has 1 aromatic carbocycles. The lowest BCUT2D eigenvalue weighted by molar-refractivity contribution is 0.100. The van der Waals surface area contributed by atoms with Gasteiger partial charge in [-0.15, -0.1) is 0 Å². The highest BCUT2D eigenvalue weighted by Crippen LogP contribution is 2.29. The van der Waals surface area contributed by atoms with Crippen molar-refractivity contribution in [2.24, 2.45) is 11.7 Å². The summed E-state index contributed by atoms with van der Waals surface area (Å²) in [6.45, 7) is 1.89. The fourth-order valence-corrected chi connectivity index (χ4v) is 2.20. The molecule has 1 aromatic rings. The molecule has 92 valence electrons. The molecule has 0 aliphatic carbocycles. The summed E-state index contributed by atoms with van der Waals surface area (Å²) in [6.07, 6.45) is 0.966. The van der Waals surface area contributed by atoms with Crippen LogP contribution >= 0.6 is 0 Å². The second-order valence-corrected chi connectivity index (χ2v) is 4.42. The van der Waals surface area contributed by atoms with Crippen LogP contribution in [0.25, 0.3) is 0 Å². The highest BCUT2D eigenvalue weighted by Gasteiger charge is 2.23. The first kappa shape index (κ1) is 11.7. The van der Waals surface area contributed by atoms with Gasteiger partial charge in [-0.25, -0.2) is 0 Å². The molecule has 5 N–H and O–H groups in total. The molecule has 1 saturated heterocycles. The smallest absolute Gasteiger partial charge is 0.248 e. The maximum absolute atomic E-state index is 11.0. The third-order valence-electron chi connectivity index (χ3n) is 3.20. The summed E-state index contributed by atoms with van der Waals surface area (Å²) >= 11 is 0. The molecular formula is C12H17N3O2. The van der Waals surface area contributed by atoms with Crippen molar-refractivity contribution in [1.29, 1.82) is 0 Å². The number of nitrogens with zero attached hydrogens (tertiary/aromatic N) is 1. The molecule has 0 saturated carbocycles. The zero-order valence-electron chi connectivity index (χ0n) is 9.60. The van der Waals surface area contributed by atoms with E-state index >= 15 is 0 Å². The number of rotatable bonds is 3. The van der Waals surface area contributed by atoms with Gasteiger partial charge in [-0.2, -0.15) is 0 Å². The molecule has 1 fully saturated rings. The van der Waals surface area contributed by atoms with E-state index in [4.69, 9.17) is 16.6 Å². The third kappa shape index (κ3) is 2.34. The second-order valence-electron chi connectivity index (χ2n) is 4.42. The summed E-state index contributed by atoms with van der Waals surface area (Å²) in [7, 11) is 0. The lowest BCUT2D eigenvalue weighted by Gasteiger charge is -2.20. The number of benzene rings is 1. The SMILES string of the molecule is NC(=O)c1ccc(N2CCC(CO)C2)c(N)c1. The van der Waals surface area contributed by atoms with Crippen LogP contribution in [-0.4, -0.2) is 30.7 Å². The van der Waals surface area contributed by atoms with Gasteiger partial charge in [0.25, 0.3) is 0 Å². The summed E-state index contributed by atoms with van der Waals surface area (Å²) in [5, 5.41) is 9.10. The average molecular weight is 235 g/mol. The van der Waals surface area contributed by atoms with Crippen molar-refractivity contribution in [1.82, 2.24) is 0 Å². The Labute approximate surface area is 100 Å². The Morgan fingerprint density at radius 1 is 1.53 bits per heavy atom. The number of carbonyl (C=O) groups is 1. The van der Waals surface area contributed by atoms with E-state index in [0.717, 1.165) is 25.2 Å². The Hall–Kier alpha value is -1.75. The zero-order chi connectivity index (χ0) is 12.4. The lowest BCUT2D eigenvalue weighted by atomic mass is 10.1. The monoisotopic (exact) mass is 235 g/mol. The van der Waals surface area contributed by atoms with Gasteiger partial charge in [0, 0.05) is 31.2 Å². The Bertz CT molecular complexity index is 434. The number of nitrogens with two attached hydrogens (primary N) is 2. The average Bonchev–Trinajstić information content (AvgIpc) is 2.77. The molecule has 2 rings (SSSR count). The van der Waals surface area contributed by atoms with Gasteiger partial charge in [0.1, 0.15) is 0 Å². The largest absolute Gasteiger partial charge is 0.397 e. The summed E-state index contributed by atoms with van der Waals surface area (Å²) in [4.78, 5) is 13.1. The standard InChI is InChI=1S/C12H17N3O2/c13-10-5-9(12(14)17)1-2-11(10)15-4-3-8(6-15)7-16/h1-2,5,8,16H,3-4,6-7,13H2,(H2,14,17). The van der Waals surface area contributed by atoms with E-state index in [-0.39, 0.29) is 6.61 Å². The van der Waals surface area contributed by atoms with Crippen LogP contribution in [0.2, 0.25) is 0 Å². The topological polar surface area (TPSA) is 92.6 Å². The molecule has 0 spiro atoms. The van der Waals surface area contributed by atoms with Gasteiger partial charge < -0.3 is 21.5 Å². The molecule has 0 radical (unpaired) electrons. The summed E-state index contributed by atoms with van der Waals surface area (Å²) in [5.74, 6) is -0.164. The number of amides is 1. The third-order valence-corrected chi connectivity index (χ3v) is 3.20. The van der Waals surface area contributed by atoms with E-state index in [0.29, 0.717) is 17.2 Å². The van der Waals surface area contributed by atoms with Crippen LogP contribution in [0.1, 0.15) is 16.8 Å². The predicted octanol–water partition coefficient (Wildman–Crippen LogP) is 0.186. The minimum Gasteiger partial charge on any atom is -0.397 e. The number of nitrogen functional groups attached to an aromatic ring is 1. The van der Waals surface area contributed by atoms with Crippen molar-refractivity contribution in [3.8, 4) is 0 Å². The number of aliphatic hydroxyl groups is 1. The first-order valence-corrected chi connectivity index (χ1v) is 5.67. The van der Waals surface area contributed by atoms with Crippen LogP contribution in [0, 0.1) is 5.92 Å². The minimum atomic E-state index is -0.474. The Kier molecular flexibility index (Phi) is 3.19. The maximum Gasteiger partial charge on any atom is 0.248 e. The predicted molar refractivity (Wildman–Crippen MR) is 66.8 cm³/mol. The molecular weight excluding hydrogens is 218 g/mol. The summed E-state index contributed by atoms with van der Waals surface area (Å²) < 4.78 is 0. The van der Waals surface area contributed by atoms with Gasteiger partial charge in [-0.05, 0) is 24.6 Å². The molecule has 5 nitrogen and oxygen atoms in total. The van der Waals surface area contributed by atoms with Crippen molar-refractivity contribution in [3.63, 3.8) is 0 Å². The highest BCUT2D eigenvalue weighted by atomic mass is 16.3. The van der Waals surface area contributed by atoms with Crippen molar-refractivity contribution in [3.05, 3.63) is 23.8 Å². The molecule has 1 heterocycles. The maximum atomic E-state index is 11.0. The van der Waals surface area contributed by atoms with E-state index in [1.165, 1.54) is 0 Å². The fraction of sp³-hybridized carbons (Fsp3) is 0.417. The van der Waals surface area contributed by atoms with Gasteiger partial charge in [0.2, 0.25) is 5.91 Å². The van der Waals surface area contributed by atoms with E-state index in [2.05, 4.69) is 4.90 Å². The van der Waals surface area contributed by atoms with Crippen molar-refractivity contribution >= 4 is 17.3 Å². The van der Waals surface area contributed by atoms with Crippen LogP contribution in [0.5, 0.6) is 0 Å². The van der Waals surface area contributed by atoms with Crippen LogP contribution in [0.15, 0.2) is 18.2 Å². The van der Waals surface area contributed by atoms with Gasteiger partial charge in [-0.1, -0.05) is 0 Å². The second kappa shape index (κ2) is 4.63. The Morgan fingerprint density at radius 3 is 2.82 bits per heavy atom. The van der Waals surface area contributed by atoms with E-state index < -0.39 is 5.91 Å². The highest BCUT2D eigenvalue weighted by molar-refractivity contribution is 5.94. The number of carbonyl (C=O) groups excluding carboxylic acids is 1. The number of primary amides is 1. The van der Waals surface area contributed by atoms with Gasteiger partial charge in [0.15, 0.2) is 0 Å². The fourth-order valence-electron chi connectivity index (χ4n) is 2.20. The summed E-state index contributed by atoms with van der Waals surface area (Å²) in [6, 6.07) is 5.10. The normalized spacial score (nSPS) is 19.6. The van der Waals surface area contributed by atoms with Crippen molar-refractivity contribution in [2.75, 3.05) is 30.3 Å². The quantitative estimate of drug-likeness (QED) is 0.652. The molecule has 1 aliphatic rings. The number of hydrogen-bond donors (Lipinski definition) is 3. The summed E-state index contributed by atoms with van der Waals surface area (Å²) in [5.41, 5.74) is 13.0. The molecule has 0 bridgehead atoms. The zero-order valence-corrected chi connectivity index (χ0v) is 9.60. The number of hydrogen-bond acceptors (Lipinski definition) is 4. The Balaban J connectivity index is 2.20. The van der Waals surface area contributed by atoms with Crippen LogP contribution in [0.3, 0.4) is 0 Å². The first-order chi connectivity index (χ1) is 8.11.